The van der Waals surface area contributed by atoms with Crippen LogP contribution in [0.1, 0.15) is 25.6 Å². The molecule has 1 aliphatic carbocycles. The van der Waals surface area contributed by atoms with Crippen LogP contribution in [0, 0.1) is 12.8 Å². The minimum Gasteiger partial charge on any atom is -0.383 e. The Morgan fingerprint density at radius 1 is 1.24 bits per heavy atom. The number of aryl methyl sites for hydroxylation is 1. The molecule has 1 atom stereocenters. The Bertz CT molecular complexity index is 1170. The average molecular weight is 391 g/mol. The molecule has 29 heavy (non-hydrogen) atoms. The second-order valence-corrected chi connectivity index (χ2v) is 7.75. The van der Waals surface area contributed by atoms with E-state index in [0.29, 0.717) is 18.6 Å². The summed E-state index contributed by atoms with van der Waals surface area (Å²) >= 11 is 0. The predicted octanol–water partition coefficient (Wildman–Crippen LogP) is 3.31. The lowest BCUT2D eigenvalue weighted by Gasteiger charge is -2.12. The van der Waals surface area contributed by atoms with Crippen LogP contribution in [-0.4, -0.2) is 48.9 Å². The van der Waals surface area contributed by atoms with Crippen molar-refractivity contribution < 1.29 is 4.74 Å². The Kier molecular flexibility index (Phi) is 4.43. The van der Waals surface area contributed by atoms with E-state index in [0.717, 1.165) is 46.2 Å². The maximum atomic E-state index is 5.23. The summed E-state index contributed by atoms with van der Waals surface area (Å²) in [6, 6.07) is 6.47. The maximum absolute atomic E-state index is 5.23. The number of nitrogens with zero attached hydrogens (tertiary/aromatic N) is 6. The summed E-state index contributed by atoms with van der Waals surface area (Å²) in [4.78, 5) is 14.1. The van der Waals surface area contributed by atoms with Crippen molar-refractivity contribution in [3.05, 3.63) is 36.4 Å². The van der Waals surface area contributed by atoms with E-state index in [-0.39, 0.29) is 0 Å². The van der Waals surface area contributed by atoms with Crippen LogP contribution in [0.15, 0.2) is 30.6 Å². The Morgan fingerprint density at radius 3 is 2.90 bits per heavy atom. The second kappa shape index (κ2) is 7.11. The van der Waals surface area contributed by atoms with Crippen LogP contribution in [0.5, 0.6) is 0 Å². The van der Waals surface area contributed by atoms with Crippen molar-refractivity contribution in [2.75, 3.05) is 19.0 Å². The first-order chi connectivity index (χ1) is 14.1. The molecular formula is C21H25N7O. The molecule has 0 unspecified atom stereocenters. The van der Waals surface area contributed by atoms with Gasteiger partial charge in [-0.25, -0.2) is 19.5 Å². The molecule has 1 N–H and O–H groups in total. The van der Waals surface area contributed by atoms with Gasteiger partial charge < -0.3 is 14.6 Å². The number of hydrogen-bond acceptors (Lipinski definition) is 6. The molecule has 1 aliphatic rings. The first-order valence-corrected chi connectivity index (χ1v) is 10.1. The minimum atomic E-state index is 0.405. The van der Waals surface area contributed by atoms with Crippen LogP contribution in [0.3, 0.4) is 0 Å². The van der Waals surface area contributed by atoms with E-state index in [1.807, 2.05) is 42.0 Å². The van der Waals surface area contributed by atoms with E-state index < -0.39 is 0 Å². The quantitative estimate of drug-likeness (QED) is 0.520. The maximum Gasteiger partial charge on any atom is 0.241 e. The molecule has 4 aromatic heterocycles. The highest BCUT2D eigenvalue weighted by Gasteiger charge is 2.28. The summed E-state index contributed by atoms with van der Waals surface area (Å²) in [6.07, 6.45) is 6.40. The Labute approximate surface area is 168 Å². The summed E-state index contributed by atoms with van der Waals surface area (Å²) in [5.41, 5.74) is 4.58. The molecule has 8 heteroatoms. The molecule has 1 saturated carbocycles. The highest BCUT2D eigenvalue weighted by Crippen LogP contribution is 2.33. The third-order valence-corrected chi connectivity index (χ3v) is 5.68. The third kappa shape index (κ3) is 3.33. The molecule has 8 nitrogen and oxygen atoms in total. The van der Waals surface area contributed by atoms with Gasteiger partial charge in [-0.05, 0) is 50.8 Å². The van der Waals surface area contributed by atoms with Crippen molar-refractivity contribution in [1.82, 2.24) is 29.1 Å². The van der Waals surface area contributed by atoms with Gasteiger partial charge in [0.15, 0.2) is 5.65 Å². The summed E-state index contributed by atoms with van der Waals surface area (Å²) in [5, 5.41) is 8.05. The monoisotopic (exact) mass is 391 g/mol. The molecule has 5 rings (SSSR count). The van der Waals surface area contributed by atoms with Gasteiger partial charge >= 0.3 is 0 Å². The largest absolute Gasteiger partial charge is 0.383 e. The van der Waals surface area contributed by atoms with E-state index >= 15 is 0 Å². The summed E-state index contributed by atoms with van der Waals surface area (Å²) in [5.74, 6) is 2.35. The Morgan fingerprint density at radius 2 is 2.10 bits per heavy atom. The number of hydrogen-bond donors (Lipinski definition) is 1. The minimum absolute atomic E-state index is 0.405. The molecule has 0 amide bonds. The van der Waals surface area contributed by atoms with Crippen molar-refractivity contribution in [2.45, 2.75) is 39.3 Å². The first-order valence-electron chi connectivity index (χ1n) is 10.1. The lowest BCUT2D eigenvalue weighted by atomic mass is 10.2. The van der Waals surface area contributed by atoms with E-state index in [2.05, 4.69) is 31.9 Å². The molecule has 0 aromatic carbocycles. The zero-order valence-electron chi connectivity index (χ0n) is 17.0. The van der Waals surface area contributed by atoms with Crippen LogP contribution in [0.2, 0.25) is 0 Å². The predicted molar refractivity (Wildman–Crippen MR) is 112 cm³/mol. The van der Waals surface area contributed by atoms with Crippen LogP contribution in [-0.2, 0) is 11.3 Å². The molecule has 0 bridgehead atoms. The van der Waals surface area contributed by atoms with E-state index in [1.54, 1.807) is 7.11 Å². The zero-order chi connectivity index (χ0) is 20.0. The van der Waals surface area contributed by atoms with Gasteiger partial charge in [0.2, 0.25) is 5.95 Å². The molecule has 0 spiro atoms. The smallest absolute Gasteiger partial charge is 0.241 e. The van der Waals surface area contributed by atoms with E-state index in [4.69, 9.17) is 9.72 Å². The fourth-order valence-corrected chi connectivity index (χ4v) is 3.82. The zero-order valence-corrected chi connectivity index (χ0v) is 17.0. The molecule has 0 saturated heterocycles. The Hall–Kier alpha value is -3.00. The number of nitrogens with one attached hydrogen (secondary N) is 1. The van der Waals surface area contributed by atoms with Gasteiger partial charge in [0.05, 0.1) is 24.0 Å². The molecule has 4 aromatic rings. The molecule has 150 valence electrons. The number of imidazole rings is 1. The average Bonchev–Trinajstić information content (AvgIpc) is 3.42. The van der Waals surface area contributed by atoms with E-state index in [9.17, 15) is 0 Å². The molecule has 1 fully saturated rings. The van der Waals surface area contributed by atoms with E-state index in [1.165, 1.54) is 12.8 Å². The molecule has 0 radical (unpaired) electrons. The fraction of sp³-hybridized carbons (Fsp3) is 0.429. The van der Waals surface area contributed by atoms with Gasteiger partial charge in [-0.3, -0.25) is 0 Å². The Balaban J connectivity index is 1.50. The van der Waals surface area contributed by atoms with Crippen LogP contribution >= 0.6 is 0 Å². The number of methoxy groups -OCH3 is 1. The number of rotatable bonds is 7. The molecule has 4 heterocycles. The van der Waals surface area contributed by atoms with Gasteiger partial charge in [0, 0.05) is 31.5 Å². The SMILES string of the molecule is COCCn1c(C)nc2ccc(-c3ccn4nc(N[C@H](C)C5CC5)ncc34)nc21. The van der Waals surface area contributed by atoms with Crippen molar-refractivity contribution in [3.63, 3.8) is 0 Å². The molecule has 0 aliphatic heterocycles. The summed E-state index contributed by atoms with van der Waals surface area (Å²) < 4.78 is 9.19. The second-order valence-electron chi connectivity index (χ2n) is 7.75. The fourth-order valence-electron chi connectivity index (χ4n) is 3.82. The topological polar surface area (TPSA) is 82.2 Å². The standard InChI is InChI=1S/C21H25N7O/c1-13(15-4-5-15)23-21-22-12-19-16(8-9-28(19)26-21)17-6-7-18-20(25-17)27(10-11-29-3)14(2)24-18/h6-9,12-13,15H,4-5,10-11H2,1-3H3,(H,23,26)/t13-/m1/s1. The summed E-state index contributed by atoms with van der Waals surface area (Å²) in [7, 11) is 1.70. The van der Waals surface area contributed by atoms with Crippen LogP contribution < -0.4 is 5.32 Å². The van der Waals surface area contributed by atoms with Crippen LogP contribution in [0.4, 0.5) is 5.95 Å². The van der Waals surface area contributed by atoms with Crippen LogP contribution in [0.25, 0.3) is 27.9 Å². The normalized spacial score (nSPS) is 15.3. The lowest BCUT2D eigenvalue weighted by molar-refractivity contribution is 0.187. The first kappa shape index (κ1) is 18.1. The van der Waals surface area contributed by atoms with Gasteiger partial charge in [0.1, 0.15) is 11.3 Å². The van der Waals surface area contributed by atoms with Crippen molar-refractivity contribution in [3.8, 4) is 11.3 Å². The van der Waals surface area contributed by atoms with Gasteiger partial charge in [-0.2, -0.15) is 0 Å². The number of pyridine rings is 1. The number of fused-ring (bicyclic) bond motifs is 2. The van der Waals surface area contributed by atoms with Gasteiger partial charge in [-0.1, -0.05) is 0 Å². The molecular weight excluding hydrogens is 366 g/mol. The number of aromatic nitrogens is 6. The third-order valence-electron chi connectivity index (χ3n) is 5.68. The highest BCUT2D eigenvalue weighted by atomic mass is 16.5. The van der Waals surface area contributed by atoms with Crippen molar-refractivity contribution in [1.29, 1.82) is 0 Å². The van der Waals surface area contributed by atoms with Gasteiger partial charge in [-0.15, -0.1) is 5.10 Å². The van der Waals surface area contributed by atoms with Gasteiger partial charge in [0.25, 0.3) is 0 Å². The number of ether oxygens (including phenoxy) is 1. The number of anilines is 1. The van der Waals surface area contributed by atoms with Crippen molar-refractivity contribution in [2.24, 2.45) is 5.92 Å². The highest BCUT2D eigenvalue weighted by molar-refractivity contribution is 5.82. The lowest BCUT2D eigenvalue weighted by Crippen LogP contribution is -2.19. The summed E-state index contributed by atoms with van der Waals surface area (Å²) in [6.45, 7) is 5.54. The van der Waals surface area contributed by atoms with Crippen molar-refractivity contribution >= 4 is 22.6 Å².